The van der Waals surface area contributed by atoms with Crippen molar-refractivity contribution in [3.05, 3.63) is 0 Å². The smallest absolute Gasteiger partial charge is 0.222 e. The molecular weight excluding hydrogens is 212 g/mol. The minimum atomic E-state index is 0.400. The third-order valence-corrected chi connectivity index (χ3v) is 4.20. The van der Waals surface area contributed by atoms with Crippen LogP contribution in [0.15, 0.2) is 0 Å². The van der Waals surface area contributed by atoms with E-state index in [1.807, 2.05) is 0 Å². The van der Waals surface area contributed by atoms with Crippen molar-refractivity contribution in [2.24, 2.45) is 11.8 Å². The van der Waals surface area contributed by atoms with E-state index in [2.05, 4.69) is 23.8 Å². The molecule has 2 rings (SSSR count). The highest BCUT2D eigenvalue weighted by Gasteiger charge is 2.25. The van der Waals surface area contributed by atoms with Crippen LogP contribution in [0.25, 0.3) is 0 Å². The van der Waals surface area contributed by atoms with Gasteiger partial charge in [0.15, 0.2) is 0 Å². The van der Waals surface area contributed by atoms with E-state index in [1.54, 1.807) is 0 Å². The molecule has 0 aliphatic carbocycles. The quantitative estimate of drug-likeness (QED) is 0.734. The zero-order valence-corrected chi connectivity index (χ0v) is 11.3. The fourth-order valence-corrected chi connectivity index (χ4v) is 3.23. The number of likely N-dealkylation sites (tertiary alicyclic amines) is 2. The van der Waals surface area contributed by atoms with Crippen LogP contribution in [-0.4, -0.2) is 48.9 Å². The Hall–Kier alpha value is -0.570. The third-order valence-electron chi connectivity index (χ3n) is 4.20. The second-order valence-electron chi connectivity index (χ2n) is 6.06. The molecule has 0 aromatic carbocycles. The van der Waals surface area contributed by atoms with Gasteiger partial charge < -0.3 is 9.80 Å². The van der Waals surface area contributed by atoms with Gasteiger partial charge in [0.25, 0.3) is 0 Å². The maximum absolute atomic E-state index is 12.2. The first-order chi connectivity index (χ1) is 8.15. The lowest BCUT2D eigenvalue weighted by atomic mass is 9.93. The summed E-state index contributed by atoms with van der Waals surface area (Å²) in [7, 11) is 2.17. The number of hydrogen-bond donors (Lipinski definition) is 0. The summed E-state index contributed by atoms with van der Waals surface area (Å²) >= 11 is 0. The van der Waals surface area contributed by atoms with Crippen molar-refractivity contribution in [1.82, 2.24) is 9.80 Å². The van der Waals surface area contributed by atoms with E-state index < -0.39 is 0 Å². The topological polar surface area (TPSA) is 23.6 Å². The zero-order chi connectivity index (χ0) is 12.3. The maximum atomic E-state index is 12.2. The van der Waals surface area contributed by atoms with Crippen LogP contribution in [0.2, 0.25) is 0 Å². The molecule has 2 unspecified atom stereocenters. The predicted octanol–water partition coefficient (Wildman–Crippen LogP) is 1.98. The summed E-state index contributed by atoms with van der Waals surface area (Å²) < 4.78 is 0. The molecule has 98 valence electrons. The van der Waals surface area contributed by atoms with E-state index in [9.17, 15) is 4.79 Å². The summed E-state index contributed by atoms with van der Waals surface area (Å²) in [5.41, 5.74) is 0. The lowest BCUT2D eigenvalue weighted by Gasteiger charge is -2.34. The molecule has 2 fully saturated rings. The van der Waals surface area contributed by atoms with E-state index in [-0.39, 0.29) is 0 Å². The van der Waals surface area contributed by atoms with Crippen molar-refractivity contribution in [2.75, 3.05) is 33.2 Å². The lowest BCUT2D eigenvalue weighted by Crippen LogP contribution is -2.41. The first kappa shape index (κ1) is 12.9. The molecule has 2 aliphatic heterocycles. The monoisotopic (exact) mass is 238 g/mol. The molecule has 17 heavy (non-hydrogen) atoms. The number of amides is 1. The largest absolute Gasteiger partial charge is 0.342 e. The average Bonchev–Trinajstić information content (AvgIpc) is 2.29. The summed E-state index contributed by atoms with van der Waals surface area (Å²) in [5.74, 6) is 1.69. The number of rotatable bonds is 2. The minimum absolute atomic E-state index is 0.400. The molecule has 0 bridgehead atoms. The Morgan fingerprint density at radius 1 is 1.18 bits per heavy atom. The van der Waals surface area contributed by atoms with Crippen molar-refractivity contribution in [2.45, 2.75) is 39.0 Å². The highest BCUT2D eigenvalue weighted by molar-refractivity contribution is 5.76. The van der Waals surface area contributed by atoms with E-state index in [1.165, 1.54) is 32.2 Å². The summed E-state index contributed by atoms with van der Waals surface area (Å²) in [6.45, 7) is 6.54. The minimum Gasteiger partial charge on any atom is -0.342 e. The summed E-state index contributed by atoms with van der Waals surface area (Å²) in [6.07, 6.45) is 5.74. The van der Waals surface area contributed by atoms with E-state index >= 15 is 0 Å². The molecule has 2 aliphatic rings. The number of carbonyl (C=O) groups excluding carboxylic acids is 1. The van der Waals surface area contributed by atoms with Gasteiger partial charge in [0.2, 0.25) is 5.91 Å². The highest BCUT2D eigenvalue weighted by Crippen LogP contribution is 2.22. The van der Waals surface area contributed by atoms with Crippen LogP contribution in [0.4, 0.5) is 0 Å². The van der Waals surface area contributed by atoms with Gasteiger partial charge in [0.1, 0.15) is 0 Å². The van der Waals surface area contributed by atoms with E-state index in [0.717, 1.165) is 26.1 Å². The fraction of sp³-hybridized carbons (Fsp3) is 0.929. The standard InChI is InChI=1S/C14H26N2O/c1-12-5-3-8-16(10-12)14(17)9-13-6-4-7-15(2)11-13/h12-13H,3-11H2,1-2H3. The molecule has 2 atom stereocenters. The second kappa shape index (κ2) is 5.85. The van der Waals surface area contributed by atoms with Gasteiger partial charge in [-0.3, -0.25) is 4.79 Å². The van der Waals surface area contributed by atoms with Crippen LogP contribution in [0.1, 0.15) is 39.0 Å². The van der Waals surface area contributed by atoms with Crippen molar-refractivity contribution in [1.29, 1.82) is 0 Å². The zero-order valence-electron chi connectivity index (χ0n) is 11.3. The third kappa shape index (κ3) is 3.70. The van der Waals surface area contributed by atoms with Gasteiger partial charge in [-0.15, -0.1) is 0 Å². The van der Waals surface area contributed by atoms with Crippen LogP contribution in [-0.2, 0) is 4.79 Å². The van der Waals surface area contributed by atoms with Crippen molar-refractivity contribution >= 4 is 5.91 Å². The molecular formula is C14H26N2O. The van der Waals surface area contributed by atoms with Crippen LogP contribution in [0.5, 0.6) is 0 Å². The number of piperidine rings is 2. The molecule has 1 amide bonds. The number of hydrogen-bond acceptors (Lipinski definition) is 2. The maximum Gasteiger partial charge on any atom is 0.222 e. The van der Waals surface area contributed by atoms with E-state index in [0.29, 0.717) is 17.7 Å². The van der Waals surface area contributed by atoms with Crippen LogP contribution < -0.4 is 0 Å². The lowest BCUT2D eigenvalue weighted by molar-refractivity contribution is -0.134. The first-order valence-corrected chi connectivity index (χ1v) is 7.11. The molecule has 0 aromatic heterocycles. The molecule has 0 N–H and O–H groups in total. The molecule has 0 aromatic rings. The van der Waals surface area contributed by atoms with Crippen LogP contribution in [0, 0.1) is 11.8 Å². The Labute approximate surface area is 105 Å². The molecule has 3 heteroatoms. The summed E-state index contributed by atoms with van der Waals surface area (Å²) in [5, 5.41) is 0. The highest BCUT2D eigenvalue weighted by atomic mass is 16.2. The van der Waals surface area contributed by atoms with Crippen LogP contribution >= 0.6 is 0 Å². The normalized spacial score (nSPS) is 31.5. The first-order valence-electron chi connectivity index (χ1n) is 7.11. The van der Waals surface area contributed by atoms with E-state index in [4.69, 9.17) is 0 Å². The van der Waals surface area contributed by atoms with Crippen LogP contribution in [0.3, 0.4) is 0 Å². The van der Waals surface area contributed by atoms with Gasteiger partial charge in [-0.1, -0.05) is 6.92 Å². The molecule has 0 radical (unpaired) electrons. The predicted molar refractivity (Wildman–Crippen MR) is 69.8 cm³/mol. The van der Waals surface area contributed by atoms with Gasteiger partial charge in [-0.2, -0.15) is 0 Å². The molecule has 2 saturated heterocycles. The molecule has 0 spiro atoms. The molecule has 2 heterocycles. The molecule has 0 saturated carbocycles. The van der Waals surface area contributed by atoms with Crippen molar-refractivity contribution in [3.8, 4) is 0 Å². The average molecular weight is 238 g/mol. The number of nitrogens with zero attached hydrogens (tertiary/aromatic N) is 2. The van der Waals surface area contributed by atoms with Gasteiger partial charge >= 0.3 is 0 Å². The Balaban J connectivity index is 1.79. The van der Waals surface area contributed by atoms with Gasteiger partial charge in [-0.25, -0.2) is 0 Å². The Morgan fingerprint density at radius 2 is 1.94 bits per heavy atom. The fourth-order valence-electron chi connectivity index (χ4n) is 3.23. The van der Waals surface area contributed by atoms with Crippen molar-refractivity contribution < 1.29 is 4.79 Å². The summed E-state index contributed by atoms with van der Waals surface area (Å²) in [6, 6.07) is 0. The number of carbonyl (C=O) groups is 1. The Kier molecular flexibility index (Phi) is 4.43. The van der Waals surface area contributed by atoms with Crippen molar-refractivity contribution in [3.63, 3.8) is 0 Å². The van der Waals surface area contributed by atoms with Gasteiger partial charge in [0, 0.05) is 26.1 Å². The molecule has 3 nitrogen and oxygen atoms in total. The summed E-state index contributed by atoms with van der Waals surface area (Å²) in [4.78, 5) is 16.7. The Bertz CT molecular complexity index is 267. The second-order valence-corrected chi connectivity index (χ2v) is 6.06. The SMILES string of the molecule is CC1CCCN(C(=O)CC2CCCN(C)C2)C1. The Morgan fingerprint density at radius 3 is 2.65 bits per heavy atom. The van der Waals surface area contributed by atoms with Gasteiger partial charge in [0.05, 0.1) is 0 Å². The van der Waals surface area contributed by atoms with Gasteiger partial charge in [-0.05, 0) is 51.1 Å².